The summed E-state index contributed by atoms with van der Waals surface area (Å²) in [5.74, 6) is 0.662. The molecule has 6 nitrogen and oxygen atoms in total. The third kappa shape index (κ3) is 3.42. The van der Waals surface area contributed by atoms with E-state index in [0.717, 1.165) is 16.6 Å². The van der Waals surface area contributed by atoms with Crippen LogP contribution in [0.4, 0.5) is 0 Å². The van der Waals surface area contributed by atoms with E-state index in [1.165, 1.54) is 12.5 Å². The van der Waals surface area contributed by atoms with Gasteiger partial charge in [0, 0.05) is 6.54 Å². The highest BCUT2D eigenvalue weighted by Crippen LogP contribution is 2.21. The van der Waals surface area contributed by atoms with Crippen LogP contribution in [0.25, 0.3) is 11.1 Å². The molecule has 2 aromatic carbocycles. The van der Waals surface area contributed by atoms with E-state index >= 15 is 0 Å². The molecule has 0 unspecified atom stereocenters. The third-order valence-corrected chi connectivity index (χ3v) is 5.24. The van der Waals surface area contributed by atoms with Crippen molar-refractivity contribution in [2.24, 2.45) is 0 Å². The van der Waals surface area contributed by atoms with E-state index in [1.54, 1.807) is 19.2 Å². The Kier molecular flexibility index (Phi) is 4.55. The van der Waals surface area contributed by atoms with Gasteiger partial charge in [-0.25, -0.2) is 18.1 Å². The zero-order valence-corrected chi connectivity index (χ0v) is 14.3. The Morgan fingerprint density at radius 1 is 1.21 bits per heavy atom. The molecule has 0 fully saturated rings. The highest BCUT2D eigenvalue weighted by atomic mass is 32.2. The number of rotatable bonds is 6. The van der Waals surface area contributed by atoms with Crippen LogP contribution in [0.2, 0.25) is 0 Å². The number of fused-ring (bicyclic) bond motifs is 1. The molecule has 0 spiro atoms. The van der Waals surface area contributed by atoms with Crippen molar-refractivity contribution in [3.8, 4) is 5.75 Å². The number of aromatic nitrogens is 1. The van der Waals surface area contributed by atoms with Gasteiger partial charge in [0.1, 0.15) is 11.3 Å². The fourth-order valence-corrected chi connectivity index (χ4v) is 3.61. The van der Waals surface area contributed by atoms with Gasteiger partial charge in [-0.2, -0.15) is 0 Å². The van der Waals surface area contributed by atoms with E-state index in [2.05, 4.69) is 9.71 Å². The van der Waals surface area contributed by atoms with Crippen LogP contribution >= 0.6 is 0 Å². The molecule has 1 heterocycles. The van der Waals surface area contributed by atoms with E-state index in [9.17, 15) is 8.42 Å². The first-order valence-electron chi connectivity index (χ1n) is 7.46. The maximum atomic E-state index is 12.4. The van der Waals surface area contributed by atoms with Crippen LogP contribution in [0.5, 0.6) is 5.75 Å². The number of methoxy groups -OCH3 is 1. The molecule has 0 aliphatic carbocycles. The maximum absolute atomic E-state index is 12.4. The zero-order valence-electron chi connectivity index (χ0n) is 13.4. The van der Waals surface area contributed by atoms with Gasteiger partial charge in [0.2, 0.25) is 10.0 Å². The second-order valence-corrected chi connectivity index (χ2v) is 7.20. The number of hydrogen-bond acceptors (Lipinski definition) is 5. The highest BCUT2D eigenvalue weighted by molar-refractivity contribution is 7.89. The lowest BCUT2D eigenvalue weighted by Gasteiger charge is -2.09. The number of oxazole rings is 1. The van der Waals surface area contributed by atoms with Crippen molar-refractivity contribution in [1.29, 1.82) is 0 Å². The summed E-state index contributed by atoms with van der Waals surface area (Å²) < 4.78 is 37.7. The predicted octanol–water partition coefficient (Wildman–Crippen LogP) is 2.67. The molecule has 3 aromatic rings. The molecule has 0 bridgehead atoms. The molecule has 126 valence electrons. The van der Waals surface area contributed by atoms with Gasteiger partial charge < -0.3 is 9.15 Å². The van der Waals surface area contributed by atoms with E-state index in [-0.39, 0.29) is 4.90 Å². The molecule has 24 heavy (non-hydrogen) atoms. The van der Waals surface area contributed by atoms with Gasteiger partial charge in [0.25, 0.3) is 0 Å². The summed E-state index contributed by atoms with van der Waals surface area (Å²) in [6, 6.07) is 10.4. The molecule has 0 aliphatic rings. The van der Waals surface area contributed by atoms with Gasteiger partial charge in [0.15, 0.2) is 12.0 Å². The average Bonchev–Trinajstić information content (AvgIpc) is 3.02. The van der Waals surface area contributed by atoms with Crippen LogP contribution in [0.1, 0.15) is 11.1 Å². The Balaban J connectivity index is 1.67. The van der Waals surface area contributed by atoms with Crippen LogP contribution < -0.4 is 9.46 Å². The van der Waals surface area contributed by atoms with E-state index in [1.807, 2.05) is 25.1 Å². The predicted molar refractivity (Wildman–Crippen MR) is 90.6 cm³/mol. The lowest BCUT2D eigenvalue weighted by molar-refractivity contribution is 0.411. The molecule has 0 atom stereocenters. The molecular formula is C17H18N2O4S. The summed E-state index contributed by atoms with van der Waals surface area (Å²) in [5.41, 5.74) is 3.25. The average molecular weight is 346 g/mol. The minimum absolute atomic E-state index is 0.229. The fourth-order valence-electron chi connectivity index (χ4n) is 2.49. The van der Waals surface area contributed by atoms with Crippen molar-refractivity contribution in [1.82, 2.24) is 9.71 Å². The van der Waals surface area contributed by atoms with E-state index in [0.29, 0.717) is 24.3 Å². The minimum atomic E-state index is -3.55. The van der Waals surface area contributed by atoms with E-state index < -0.39 is 10.0 Å². The molecule has 0 saturated carbocycles. The van der Waals surface area contributed by atoms with Gasteiger partial charge >= 0.3 is 0 Å². The number of nitrogens with zero attached hydrogens (tertiary/aromatic N) is 1. The van der Waals surface area contributed by atoms with Crippen molar-refractivity contribution >= 4 is 21.1 Å². The highest BCUT2D eigenvalue weighted by Gasteiger charge is 2.15. The topological polar surface area (TPSA) is 81.4 Å². The Bertz CT molecular complexity index is 964. The Morgan fingerprint density at radius 3 is 2.79 bits per heavy atom. The number of ether oxygens (including phenoxy) is 1. The fraction of sp³-hybridized carbons (Fsp3) is 0.235. The molecule has 0 amide bonds. The molecule has 1 aromatic heterocycles. The van der Waals surface area contributed by atoms with Crippen molar-refractivity contribution < 1.29 is 17.6 Å². The van der Waals surface area contributed by atoms with Crippen molar-refractivity contribution in [2.45, 2.75) is 18.2 Å². The van der Waals surface area contributed by atoms with Crippen LogP contribution in [0.3, 0.4) is 0 Å². The maximum Gasteiger partial charge on any atom is 0.240 e. The number of aryl methyl sites for hydroxylation is 1. The zero-order chi connectivity index (χ0) is 17.2. The minimum Gasteiger partial charge on any atom is -0.496 e. The summed E-state index contributed by atoms with van der Waals surface area (Å²) in [6.45, 7) is 2.11. The monoisotopic (exact) mass is 346 g/mol. The summed E-state index contributed by atoms with van der Waals surface area (Å²) in [5, 5.41) is 0. The van der Waals surface area contributed by atoms with Gasteiger partial charge in [-0.15, -0.1) is 0 Å². The molecule has 3 rings (SSSR count). The SMILES string of the molecule is COc1ccc(S(=O)(=O)NCCc2ccc3ocnc3c2)cc1C. The van der Waals surface area contributed by atoms with E-state index in [4.69, 9.17) is 9.15 Å². The molecule has 1 N–H and O–H groups in total. The Hall–Kier alpha value is -2.38. The molecule has 0 saturated heterocycles. The van der Waals surface area contributed by atoms with Crippen LogP contribution in [-0.2, 0) is 16.4 Å². The molecule has 7 heteroatoms. The second-order valence-electron chi connectivity index (χ2n) is 5.43. The van der Waals surface area contributed by atoms with Gasteiger partial charge in [-0.3, -0.25) is 0 Å². The van der Waals surface area contributed by atoms with Gasteiger partial charge in [0.05, 0.1) is 12.0 Å². The number of hydrogen-bond donors (Lipinski definition) is 1. The number of sulfonamides is 1. The van der Waals surface area contributed by atoms with Gasteiger partial charge in [-0.1, -0.05) is 6.07 Å². The summed E-state index contributed by atoms with van der Waals surface area (Å²) in [7, 11) is -1.99. The standard InChI is InChI=1S/C17H18N2O4S/c1-12-9-14(4-6-16(12)22-2)24(20,21)19-8-7-13-3-5-17-15(10-13)18-11-23-17/h3-6,9-11,19H,7-8H2,1-2H3. The molecular weight excluding hydrogens is 328 g/mol. The molecule has 0 radical (unpaired) electrons. The largest absolute Gasteiger partial charge is 0.496 e. The summed E-state index contributed by atoms with van der Waals surface area (Å²) >= 11 is 0. The normalized spacial score (nSPS) is 11.8. The van der Waals surface area contributed by atoms with Crippen LogP contribution in [0, 0.1) is 6.92 Å². The smallest absolute Gasteiger partial charge is 0.240 e. The Labute approximate surface area is 140 Å². The third-order valence-electron chi connectivity index (χ3n) is 3.78. The van der Waals surface area contributed by atoms with Crippen LogP contribution in [0.15, 0.2) is 52.1 Å². The van der Waals surface area contributed by atoms with Crippen molar-refractivity contribution in [3.05, 3.63) is 53.9 Å². The second kappa shape index (κ2) is 6.62. The van der Waals surface area contributed by atoms with Gasteiger partial charge in [-0.05, 0) is 54.8 Å². The molecule has 0 aliphatic heterocycles. The quantitative estimate of drug-likeness (QED) is 0.742. The first-order valence-corrected chi connectivity index (χ1v) is 8.94. The van der Waals surface area contributed by atoms with Crippen molar-refractivity contribution in [3.63, 3.8) is 0 Å². The first-order chi connectivity index (χ1) is 11.5. The summed E-state index contributed by atoms with van der Waals surface area (Å²) in [6.07, 6.45) is 1.96. The Morgan fingerprint density at radius 2 is 2.04 bits per heavy atom. The number of nitrogens with one attached hydrogen (secondary N) is 1. The first kappa shape index (κ1) is 16.5. The lowest BCUT2D eigenvalue weighted by Crippen LogP contribution is -2.26. The summed E-state index contributed by atoms with van der Waals surface area (Å²) in [4.78, 5) is 4.32. The lowest BCUT2D eigenvalue weighted by atomic mass is 10.1. The van der Waals surface area contributed by atoms with Crippen LogP contribution in [-0.4, -0.2) is 27.1 Å². The number of benzene rings is 2. The van der Waals surface area contributed by atoms with Crippen molar-refractivity contribution in [2.75, 3.05) is 13.7 Å².